The van der Waals surface area contributed by atoms with Crippen molar-refractivity contribution in [3.8, 4) is 0 Å². The van der Waals surface area contributed by atoms with Crippen LogP contribution in [0.1, 0.15) is 20.8 Å². The van der Waals surface area contributed by atoms with Crippen molar-refractivity contribution in [2.75, 3.05) is 36.4 Å². The van der Waals surface area contributed by atoms with Crippen LogP contribution in [0.15, 0.2) is 65.3 Å². The number of oxazole rings is 1. The van der Waals surface area contributed by atoms with Crippen molar-refractivity contribution in [1.82, 2.24) is 9.88 Å². The molecule has 1 aliphatic heterocycles. The van der Waals surface area contributed by atoms with Gasteiger partial charge in [-0.15, -0.1) is 0 Å². The molecule has 0 bridgehead atoms. The Morgan fingerprint density at radius 3 is 2.48 bits per heavy atom. The van der Waals surface area contributed by atoms with Crippen LogP contribution in [0.5, 0.6) is 0 Å². The van der Waals surface area contributed by atoms with Crippen LogP contribution in [0.2, 0.25) is 5.02 Å². The molecule has 29 heavy (non-hydrogen) atoms. The third kappa shape index (κ3) is 4.41. The smallest absolute Gasteiger partial charge is 0.302 e. The maximum atomic E-state index is 12.7. The molecule has 0 spiro atoms. The van der Waals surface area contributed by atoms with Crippen molar-refractivity contribution in [3.63, 3.8) is 0 Å². The third-order valence-corrected chi connectivity index (χ3v) is 4.96. The molecule has 2 aromatic carbocycles. The van der Waals surface area contributed by atoms with E-state index in [2.05, 4.69) is 15.2 Å². The molecular formula is C21H19ClN4O3. The van der Waals surface area contributed by atoms with E-state index in [4.69, 9.17) is 16.0 Å². The standard InChI is InChI=1S/C21H19ClN4O3/c22-16-7-4-8-17(13-16)25-9-11-26(12-10-25)20(28)18-14-29-21(23-18)24-19(27)15-5-2-1-3-6-15/h1-8,13-14H,9-12H2,(H,23,24,27). The zero-order valence-electron chi connectivity index (χ0n) is 15.5. The molecule has 0 saturated carbocycles. The number of halogens is 1. The number of carbonyl (C=O) groups is 2. The Morgan fingerprint density at radius 1 is 1.00 bits per heavy atom. The maximum absolute atomic E-state index is 12.7. The minimum Gasteiger partial charge on any atom is -0.431 e. The molecule has 0 atom stereocenters. The number of carbonyl (C=O) groups excluding carboxylic acids is 2. The first-order chi connectivity index (χ1) is 14.1. The predicted octanol–water partition coefficient (Wildman–Crippen LogP) is 3.54. The van der Waals surface area contributed by atoms with Gasteiger partial charge in [0.2, 0.25) is 0 Å². The van der Waals surface area contributed by atoms with E-state index < -0.39 is 0 Å². The molecule has 148 valence electrons. The van der Waals surface area contributed by atoms with E-state index in [0.717, 1.165) is 5.69 Å². The summed E-state index contributed by atoms with van der Waals surface area (Å²) in [6.45, 7) is 2.51. The molecule has 0 unspecified atom stereocenters. The molecule has 1 fully saturated rings. The van der Waals surface area contributed by atoms with E-state index in [-0.39, 0.29) is 23.5 Å². The normalized spacial score (nSPS) is 14.0. The summed E-state index contributed by atoms with van der Waals surface area (Å²) < 4.78 is 5.26. The Morgan fingerprint density at radius 2 is 1.76 bits per heavy atom. The van der Waals surface area contributed by atoms with Crippen LogP contribution in [0.3, 0.4) is 0 Å². The first-order valence-electron chi connectivity index (χ1n) is 9.22. The van der Waals surface area contributed by atoms with Gasteiger partial charge in [-0.25, -0.2) is 0 Å². The average molecular weight is 411 g/mol. The van der Waals surface area contributed by atoms with Crippen molar-refractivity contribution in [3.05, 3.63) is 77.1 Å². The van der Waals surface area contributed by atoms with Gasteiger partial charge in [0.15, 0.2) is 5.69 Å². The van der Waals surface area contributed by atoms with Crippen molar-refractivity contribution >= 4 is 35.1 Å². The Balaban J connectivity index is 1.35. The SMILES string of the molecule is O=C(Nc1nc(C(=O)N2CCN(c3cccc(Cl)c3)CC2)co1)c1ccccc1. The fourth-order valence-corrected chi connectivity index (χ4v) is 3.38. The van der Waals surface area contributed by atoms with Crippen LogP contribution in [0, 0.1) is 0 Å². The number of piperazine rings is 1. The zero-order chi connectivity index (χ0) is 20.2. The fourth-order valence-electron chi connectivity index (χ4n) is 3.19. The summed E-state index contributed by atoms with van der Waals surface area (Å²) >= 11 is 6.06. The van der Waals surface area contributed by atoms with Gasteiger partial charge in [0, 0.05) is 42.5 Å². The van der Waals surface area contributed by atoms with Crippen LogP contribution in [-0.4, -0.2) is 47.9 Å². The van der Waals surface area contributed by atoms with Crippen LogP contribution in [-0.2, 0) is 0 Å². The van der Waals surface area contributed by atoms with E-state index in [0.29, 0.717) is 36.8 Å². The van der Waals surface area contributed by atoms with Gasteiger partial charge < -0.3 is 14.2 Å². The molecule has 8 heteroatoms. The van der Waals surface area contributed by atoms with Gasteiger partial charge in [0.1, 0.15) is 6.26 Å². The fraction of sp³-hybridized carbons (Fsp3) is 0.190. The van der Waals surface area contributed by atoms with Crippen molar-refractivity contribution in [2.24, 2.45) is 0 Å². The maximum Gasteiger partial charge on any atom is 0.302 e. The lowest BCUT2D eigenvalue weighted by atomic mass is 10.2. The number of anilines is 2. The first-order valence-corrected chi connectivity index (χ1v) is 9.60. The molecule has 2 amide bonds. The largest absolute Gasteiger partial charge is 0.431 e. The number of aromatic nitrogens is 1. The number of amides is 2. The monoisotopic (exact) mass is 410 g/mol. The Hall–Kier alpha value is -3.32. The van der Waals surface area contributed by atoms with Crippen molar-refractivity contribution < 1.29 is 14.0 Å². The number of hydrogen-bond donors (Lipinski definition) is 1. The summed E-state index contributed by atoms with van der Waals surface area (Å²) in [7, 11) is 0. The molecule has 1 aliphatic rings. The minimum absolute atomic E-state index is 0.000216. The lowest BCUT2D eigenvalue weighted by Crippen LogP contribution is -2.48. The van der Waals surface area contributed by atoms with Gasteiger partial charge in [0.25, 0.3) is 11.8 Å². The van der Waals surface area contributed by atoms with Crippen molar-refractivity contribution in [2.45, 2.75) is 0 Å². The second-order valence-electron chi connectivity index (χ2n) is 6.62. The molecule has 1 aromatic heterocycles. The van der Waals surface area contributed by atoms with Gasteiger partial charge in [-0.3, -0.25) is 14.9 Å². The molecule has 3 aromatic rings. The number of nitrogens with one attached hydrogen (secondary N) is 1. The van der Waals surface area contributed by atoms with Gasteiger partial charge >= 0.3 is 6.01 Å². The van der Waals surface area contributed by atoms with Crippen LogP contribution < -0.4 is 10.2 Å². The summed E-state index contributed by atoms with van der Waals surface area (Å²) in [5.74, 6) is -0.568. The Kier molecular flexibility index (Phi) is 5.48. The highest BCUT2D eigenvalue weighted by Gasteiger charge is 2.25. The molecule has 0 aliphatic carbocycles. The van der Waals surface area contributed by atoms with Crippen LogP contribution in [0.25, 0.3) is 0 Å². The van der Waals surface area contributed by atoms with Gasteiger partial charge in [-0.2, -0.15) is 4.98 Å². The summed E-state index contributed by atoms with van der Waals surface area (Å²) in [5.41, 5.74) is 1.69. The molecule has 1 N–H and O–H groups in total. The Bertz CT molecular complexity index is 1010. The number of benzene rings is 2. The number of hydrogen-bond acceptors (Lipinski definition) is 5. The molecule has 7 nitrogen and oxygen atoms in total. The van der Waals surface area contributed by atoms with E-state index >= 15 is 0 Å². The molecule has 2 heterocycles. The quantitative estimate of drug-likeness (QED) is 0.711. The summed E-state index contributed by atoms with van der Waals surface area (Å²) in [6, 6.07) is 16.4. The van der Waals surface area contributed by atoms with E-state index in [9.17, 15) is 9.59 Å². The lowest BCUT2D eigenvalue weighted by Gasteiger charge is -2.35. The highest BCUT2D eigenvalue weighted by molar-refractivity contribution is 6.30. The summed E-state index contributed by atoms with van der Waals surface area (Å²) in [5, 5.41) is 3.25. The van der Waals surface area contributed by atoms with E-state index in [1.165, 1.54) is 6.26 Å². The highest BCUT2D eigenvalue weighted by Crippen LogP contribution is 2.21. The number of nitrogens with zero attached hydrogens (tertiary/aromatic N) is 3. The minimum atomic E-state index is -0.346. The van der Waals surface area contributed by atoms with Crippen LogP contribution >= 0.6 is 11.6 Å². The summed E-state index contributed by atoms with van der Waals surface area (Å²) in [4.78, 5) is 32.9. The van der Waals surface area contributed by atoms with E-state index in [1.54, 1.807) is 29.2 Å². The van der Waals surface area contributed by atoms with Crippen LogP contribution in [0.4, 0.5) is 11.7 Å². The van der Waals surface area contributed by atoms with Gasteiger partial charge in [-0.1, -0.05) is 35.9 Å². The Labute approximate surface area is 172 Å². The van der Waals surface area contributed by atoms with Gasteiger partial charge in [-0.05, 0) is 30.3 Å². The van der Waals surface area contributed by atoms with Crippen molar-refractivity contribution in [1.29, 1.82) is 0 Å². The average Bonchev–Trinajstić information content (AvgIpc) is 3.22. The first kappa shape index (κ1) is 19.0. The summed E-state index contributed by atoms with van der Waals surface area (Å²) in [6.07, 6.45) is 1.27. The van der Waals surface area contributed by atoms with Gasteiger partial charge in [0.05, 0.1) is 0 Å². The highest BCUT2D eigenvalue weighted by atomic mass is 35.5. The zero-order valence-corrected chi connectivity index (χ0v) is 16.3. The molecule has 4 rings (SSSR count). The molecular weight excluding hydrogens is 392 g/mol. The second-order valence-corrected chi connectivity index (χ2v) is 7.05. The third-order valence-electron chi connectivity index (χ3n) is 4.72. The van der Waals surface area contributed by atoms with E-state index in [1.807, 2.05) is 30.3 Å². The number of rotatable bonds is 4. The molecule has 1 saturated heterocycles. The molecule has 0 radical (unpaired) electrons. The predicted molar refractivity (Wildman–Crippen MR) is 110 cm³/mol. The lowest BCUT2D eigenvalue weighted by molar-refractivity contribution is 0.0740. The topological polar surface area (TPSA) is 78.7 Å². The second kappa shape index (κ2) is 8.36.